The number of rotatable bonds is 6. The summed E-state index contributed by atoms with van der Waals surface area (Å²) >= 11 is 0. The normalized spacial score (nSPS) is 21.6. The Kier molecular flexibility index (Phi) is 5.60. The molecular weight excluding hydrogens is 419 g/mol. The molecule has 12 heteroatoms. The summed E-state index contributed by atoms with van der Waals surface area (Å²) in [5.41, 5.74) is 1.54. The highest BCUT2D eigenvalue weighted by Crippen LogP contribution is 2.31. The van der Waals surface area contributed by atoms with Gasteiger partial charge in [0.1, 0.15) is 17.6 Å². The lowest BCUT2D eigenvalue weighted by atomic mass is 10.0. The van der Waals surface area contributed by atoms with E-state index in [9.17, 15) is 9.18 Å². The van der Waals surface area contributed by atoms with Crippen molar-refractivity contribution in [1.29, 1.82) is 0 Å². The fourth-order valence-corrected chi connectivity index (χ4v) is 4.39. The van der Waals surface area contributed by atoms with Crippen LogP contribution in [-0.4, -0.2) is 76.6 Å². The Morgan fingerprint density at radius 1 is 1.22 bits per heavy atom. The second kappa shape index (κ2) is 8.69. The van der Waals surface area contributed by atoms with Crippen molar-refractivity contribution in [2.24, 2.45) is 10.3 Å². The molecule has 0 bridgehead atoms. The molecule has 0 aliphatic carbocycles. The van der Waals surface area contributed by atoms with Gasteiger partial charge in [0.25, 0.3) is 0 Å². The van der Waals surface area contributed by atoms with Gasteiger partial charge in [-0.25, -0.2) is 13.9 Å². The Hall–Kier alpha value is -3.28. The molecule has 0 radical (unpaired) electrons. The number of carbonyl (C=O) groups is 1. The average molecular weight is 444 g/mol. The van der Waals surface area contributed by atoms with E-state index in [4.69, 9.17) is 9.84 Å². The van der Waals surface area contributed by atoms with Crippen LogP contribution in [0.25, 0.3) is 0 Å². The molecule has 1 N–H and O–H groups in total. The number of amides is 1. The lowest BCUT2D eigenvalue weighted by Gasteiger charge is -2.33. The molecule has 32 heavy (non-hydrogen) atoms. The van der Waals surface area contributed by atoms with Gasteiger partial charge >= 0.3 is 6.09 Å². The van der Waals surface area contributed by atoms with Crippen molar-refractivity contribution < 1.29 is 19.0 Å². The van der Waals surface area contributed by atoms with E-state index in [0.717, 1.165) is 12.8 Å². The molecule has 2 saturated heterocycles. The number of cyclic esters (lactones) is 1. The quantitative estimate of drug-likeness (QED) is 0.723. The number of anilines is 2. The molecule has 4 heterocycles. The Balaban J connectivity index is 1.21. The minimum atomic E-state index is -0.478. The number of benzene rings is 1. The topological polar surface area (TPSA) is 112 Å². The van der Waals surface area contributed by atoms with Crippen molar-refractivity contribution in [3.05, 3.63) is 35.9 Å². The van der Waals surface area contributed by atoms with Gasteiger partial charge in [0.15, 0.2) is 0 Å². The predicted octanol–water partition coefficient (Wildman–Crippen LogP) is 1.76. The molecule has 1 amide bonds. The van der Waals surface area contributed by atoms with Crippen LogP contribution < -0.4 is 9.80 Å². The fraction of sp³-hybridized carbons (Fsp3) is 0.550. The number of aliphatic hydroxyl groups is 1. The van der Waals surface area contributed by atoms with Crippen LogP contribution in [0.5, 0.6) is 0 Å². The van der Waals surface area contributed by atoms with Crippen LogP contribution >= 0.6 is 0 Å². The van der Waals surface area contributed by atoms with Crippen LogP contribution in [0.4, 0.5) is 20.6 Å². The third-order valence-electron chi connectivity index (χ3n) is 6.08. The van der Waals surface area contributed by atoms with E-state index in [1.807, 2.05) is 4.90 Å². The van der Waals surface area contributed by atoms with Crippen molar-refractivity contribution in [1.82, 2.24) is 20.0 Å². The zero-order valence-corrected chi connectivity index (χ0v) is 17.5. The van der Waals surface area contributed by atoms with E-state index >= 15 is 0 Å². The molecule has 0 saturated carbocycles. The summed E-state index contributed by atoms with van der Waals surface area (Å²) in [6, 6.07) is 5.05. The highest BCUT2D eigenvalue weighted by molar-refractivity contribution is 5.90. The molecule has 2 fully saturated rings. The average Bonchev–Trinajstić information content (AvgIpc) is 3.56. The fourth-order valence-electron chi connectivity index (χ4n) is 4.39. The first-order chi connectivity index (χ1) is 15.6. The van der Waals surface area contributed by atoms with Gasteiger partial charge in [0, 0.05) is 13.1 Å². The molecule has 3 aliphatic rings. The number of hydrogen-bond donors (Lipinski definition) is 1. The second-order valence-electron chi connectivity index (χ2n) is 8.19. The predicted molar refractivity (Wildman–Crippen MR) is 112 cm³/mol. The number of nitrogens with zero attached hydrogens (tertiary/aromatic N) is 8. The second-order valence-corrected chi connectivity index (χ2v) is 8.19. The Bertz CT molecular complexity index is 1010. The number of ether oxygens (including phenoxy) is 1. The van der Waals surface area contributed by atoms with Gasteiger partial charge in [-0.1, -0.05) is 10.4 Å². The van der Waals surface area contributed by atoms with E-state index in [1.54, 1.807) is 28.0 Å². The van der Waals surface area contributed by atoms with E-state index < -0.39 is 6.09 Å². The van der Waals surface area contributed by atoms with Crippen LogP contribution in [0.1, 0.15) is 24.6 Å². The van der Waals surface area contributed by atoms with Crippen molar-refractivity contribution >= 4 is 17.5 Å². The first-order valence-corrected chi connectivity index (χ1v) is 10.8. The molecule has 2 aromatic rings. The number of hydrogen-bond acceptors (Lipinski definition) is 9. The van der Waals surface area contributed by atoms with Gasteiger partial charge in [-0.05, 0) is 31.0 Å². The first-order valence-electron chi connectivity index (χ1n) is 10.8. The maximum atomic E-state index is 15.0. The van der Waals surface area contributed by atoms with E-state index in [2.05, 4.69) is 20.6 Å². The molecule has 1 aromatic carbocycles. The van der Waals surface area contributed by atoms with Crippen molar-refractivity contribution in [3.63, 3.8) is 0 Å². The zero-order chi connectivity index (χ0) is 22.1. The Morgan fingerprint density at radius 3 is 2.75 bits per heavy atom. The number of halogens is 1. The summed E-state index contributed by atoms with van der Waals surface area (Å²) in [5.74, 6) is -0.367. The summed E-state index contributed by atoms with van der Waals surface area (Å²) in [7, 11) is 0. The molecule has 5 rings (SSSR count). The minimum absolute atomic E-state index is 0.134. The number of piperidine rings is 1. The van der Waals surface area contributed by atoms with Gasteiger partial charge in [0.2, 0.25) is 0 Å². The standard InChI is InChI=1S/C20H25FN8O3/c21-18-9-16(28-12-17(32-20(28)31)11-27-8-5-22-24-27)1-2-19(18)26-6-3-15(4-7-26)29-10-14(13-30)23-25-29/h1-2,9-10,15,17,30H,3-8,11-13H2/t17-/m0/s1. The summed E-state index contributed by atoms with van der Waals surface area (Å²) in [6.45, 7) is 3.41. The Morgan fingerprint density at radius 2 is 2.06 bits per heavy atom. The summed E-state index contributed by atoms with van der Waals surface area (Å²) in [4.78, 5) is 15.8. The molecule has 3 aliphatic heterocycles. The third-order valence-corrected chi connectivity index (χ3v) is 6.08. The maximum Gasteiger partial charge on any atom is 0.414 e. The highest BCUT2D eigenvalue weighted by Gasteiger charge is 2.34. The van der Waals surface area contributed by atoms with E-state index in [1.165, 1.54) is 11.0 Å². The Labute approximate surface area is 184 Å². The van der Waals surface area contributed by atoms with Gasteiger partial charge < -0.3 is 14.7 Å². The van der Waals surface area contributed by atoms with Crippen LogP contribution in [0.2, 0.25) is 0 Å². The van der Waals surface area contributed by atoms with Gasteiger partial charge in [-0.3, -0.25) is 9.91 Å². The summed E-state index contributed by atoms with van der Waals surface area (Å²) in [5, 5.41) is 26.8. The monoisotopic (exact) mass is 444 g/mol. The molecule has 170 valence electrons. The van der Waals surface area contributed by atoms with Crippen molar-refractivity contribution in [2.75, 3.05) is 49.1 Å². The van der Waals surface area contributed by atoms with Crippen LogP contribution in [0.15, 0.2) is 34.7 Å². The lowest BCUT2D eigenvalue weighted by molar-refractivity contribution is 0.114. The van der Waals surface area contributed by atoms with Gasteiger partial charge in [-0.2, -0.15) is 5.11 Å². The zero-order valence-electron chi connectivity index (χ0n) is 17.5. The van der Waals surface area contributed by atoms with Crippen molar-refractivity contribution in [3.8, 4) is 0 Å². The molecule has 0 unspecified atom stereocenters. The minimum Gasteiger partial charge on any atom is -0.442 e. The maximum absolute atomic E-state index is 15.0. The van der Waals surface area contributed by atoms with E-state index in [0.29, 0.717) is 56.3 Å². The SMILES string of the molecule is O=C1O[C@@H](CN2CCN=N2)CN1c1ccc(N2CCC(n3cc(CO)nn3)CC2)c(F)c1. The molecular formula is C20H25FN8O3. The summed E-state index contributed by atoms with van der Waals surface area (Å²) < 4.78 is 22.2. The molecule has 11 nitrogen and oxygen atoms in total. The highest BCUT2D eigenvalue weighted by atomic mass is 19.1. The van der Waals surface area contributed by atoms with Crippen LogP contribution in [0, 0.1) is 5.82 Å². The molecule has 1 atom stereocenters. The largest absolute Gasteiger partial charge is 0.442 e. The smallest absolute Gasteiger partial charge is 0.414 e. The lowest BCUT2D eigenvalue weighted by Crippen LogP contribution is -2.35. The van der Waals surface area contributed by atoms with Crippen molar-refractivity contribution in [2.45, 2.75) is 31.6 Å². The number of aromatic nitrogens is 3. The van der Waals surface area contributed by atoms with Gasteiger partial charge in [-0.15, -0.1) is 5.10 Å². The van der Waals surface area contributed by atoms with Gasteiger partial charge in [0.05, 0.1) is 56.4 Å². The first kappa shape index (κ1) is 20.6. The number of aliphatic hydroxyl groups excluding tert-OH is 1. The molecule has 0 spiro atoms. The summed E-state index contributed by atoms with van der Waals surface area (Å²) in [6.07, 6.45) is 2.54. The molecule has 1 aromatic heterocycles. The van der Waals surface area contributed by atoms with Crippen LogP contribution in [0.3, 0.4) is 0 Å². The van der Waals surface area contributed by atoms with Crippen LogP contribution in [-0.2, 0) is 11.3 Å². The van der Waals surface area contributed by atoms with E-state index in [-0.39, 0.29) is 24.6 Å². The third kappa shape index (κ3) is 4.09. The number of carbonyl (C=O) groups excluding carboxylic acids is 1.